The van der Waals surface area contributed by atoms with Crippen LogP contribution in [0.3, 0.4) is 0 Å². The van der Waals surface area contributed by atoms with Crippen molar-refractivity contribution in [1.29, 1.82) is 0 Å². The molecule has 0 unspecified atom stereocenters. The molecule has 0 atom stereocenters. The van der Waals surface area contributed by atoms with Crippen molar-refractivity contribution in [1.82, 2.24) is 16.0 Å². The molecule has 6 nitrogen and oxygen atoms in total. The van der Waals surface area contributed by atoms with E-state index in [4.69, 9.17) is 4.74 Å². The van der Waals surface area contributed by atoms with Crippen molar-refractivity contribution in [3.63, 3.8) is 0 Å². The zero-order valence-electron chi connectivity index (χ0n) is 13.6. The molecule has 1 amide bonds. The van der Waals surface area contributed by atoms with Crippen molar-refractivity contribution in [2.24, 2.45) is 4.99 Å². The predicted octanol–water partition coefficient (Wildman–Crippen LogP) is 0.926. The molecule has 22 heavy (non-hydrogen) atoms. The fourth-order valence-electron chi connectivity index (χ4n) is 1.89. The molecule has 0 spiro atoms. The first-order valence-electron chi connectivity index (χ1n) is 7.45. The zero-order chi connectivity index (χ0) is 16.2. The van der Waals surface area contributed by atoms with E-state index in [0.717, 1.165) is 31.1 Å². The molecule has 0 bridgehead atoms. The van der Waals surface area contributed by atoms with E-state index in [1.807, 2.05) is 31.2 Å². The fourth-order valence-corrected chi connectivity index (χ4v) is 1.89. The number of aliphatic imine (C=N–C) groups is 1. The van der Waals surface area contributed by atoms with Crippen molar-refractivity contribution >= 4 is 11.9 Å². The topological polar surface area (TPSA) is 74.8 Å². The van der Waals surface area contributed by atoms with Gasteiger partial charge in [0.2, 0.25) is 0 Å². The van der Waals surface area contributed by atoms with Gasteiger partial charge in [0.1, 0.15) is 0 Å². The number of rotatable bonds is 8. The van der Waals surface area contributed by atoms with Gasteiger partial charge in [-0.15, -0.1) is 0 Å². The average Bonchev–Trinajstić information content (AvgIpc) is 2.53. The highest BCUT2D eigenvalue weighted by atomic mass is 16.5. The summed E-state index contributed by atoms with van der Waals surface area (Å²) in [5, 5.41) is 9.20. The third-order valence-corrected chi connectivity index (χ3v) is 3.02. The Bertz CT molecular complexity index is 489. The van der Waals surface area contributed by atoms with E-state index in [1.54, 1.807) is 14.2 Å². The van der Waals surface area contributed by atoms with Gasteiger partial charge in [-0.05, 0) is 25.5 Å². The number of carbonyl (C=O) groups is 1. The maximum atomic E-state index is 12.0. The standard InChI is InChI=1S/C16H26N4O2/c1-13-6-4-7-14(12-13)15(21)18-9-10-20-16(17-2)19-8-5-11-22-3/h4,6-7,12H,5,8-11H2,1-3H3,(H,18,21)(H2,17,19,20). The number of hydrogen-bond donors (Lipinski definition) is 3. The number of ether oxygens (including phenoxy) is 1. The molecular formula is C16H26N4O2. The minimum Gasteiger partial charge on any atom is -0.385 e. The van der Waals surface area contributed by atoms with E-state index in [9.17, 15) is 4.79 Å². The van der Waals surface area contributed by atoms with Gasteiger partial charge in [0.15, 0.2) is 5.96 Å². The number of carbonyl (C=O) groups excluding carboxylic acids is 1. The molecule has 0 fully saturated rings. The number of benzene rings is 1. The van der Waals surface area contributed by atoms with E-state index < -0.39 is 0 Å². The summed E-state index contributed by atoms with van der Waals surface area (Å²) in [6, 6.07) is 7.54. The van der Waals surface area contributed by atoms with Gasteiger partial charge in [0, 0.05) is 46.0 Å². The van der Waals surface area contributed by atoms with Gasteiger partial charge in [-0.3, -0.25) is 9.79 Å². The molecule has 1 aromatic carbocycles. The van der Waals surface area contributed by atoms with Crippen LogP contribution in [0.25, 0.3) is 0 Å². The lowest BCUT2D eigenvalue weighted by atomic mass is 10.1. The summed E-state index contributed by atoms with van der Waals surface area (Å²) in [6.07, 6.45) is 0.918. The molecule has 0 saturated carbocycles. The van der Waals surface area contributed by atoms with Crippen LogP contribution < -0.4 is 16.0 Å². The molecule has 0 aliphatic rings. The van der Waals surface area contributed by atoms with Gasteiger partial charge < -0.3 is 20.7 Å². The summed E-state index contributed by atoms with van der Waals surface area (Å²) in [5.41, 5.74) is 1.76. The van der Waals surface area contributed by atoms with Gasteiger partial charge in [-0.1, -0.05) is 17.7 Å². The number of methoxy groups -OCH3 is 1. The quantitative estimate of drug-likeness (QED) is 0.379. The molecule has 0 radical (unpaired) electrons. The van der Waals surface area contributed by atoms with E-state index in [1.165, 1.54) is 0 Å². The van der Waals surface area contributed by atoms with Gasteiger partial charge in [-0.2, -0.15) is 0 Å². The lowest BCUT2D eigenvalue weighted by Crippen LogP contribution is -2.42. The lowest BCUT2D eigenvalue weighted by Gasteiger charge is -2.12. The van der Waals surface area contributed by atoms with Crippen LogP contribution in [0.2, 0.25) is 0 Å². The largest absolute Gasteiger partial charge is 0.385 e. The Kier molecular flexibility index (Phi) is 8.67. The number of hydrogen-bond acceptors (Lipinski definition) is 3. The van der Waals surface area contributed by atoms with E-state index >= 15 is 0 Å². The highest BCUT2D eigenvalue weighted by Crippen LogP contribution is 2.03. The molecule has 1 aromatic rings. The second-order valence-corrected chi connectivity index (χ2v) is 4.90. The smallest absolute Gasteiger partial charge is 0.251 e. The van der Waals surface area contributed by atoms with Crippen LogP contribution in [0.5, 0.6) is 0 Å². The normalized spacial score (nSPS) is 11.1. The second-order valence-electron chi connectivity index (χ2n) is 4.90. The Labute approximate surface area is 132 Å². The molecule has 0 aliphatic heterocycles. The molecule has 0 heterocycles. The maximum Gasteiger partial charge on any atom is 0.251 e. The van der Waals surface area contributed by atoms with Gasteiger partial charge in [-0.25, -0.2) is 0 Å². The Morgan fingerprint density at radius 3 is 2.59 bits per heavy atom. The second kappa shape index (κ2) is 10.6. The molecule has 0 aromatic heterocycles. The number of aryl methyl sites for hydroxylation is 1. The van der Waals surface area contributed by atoms with Crippen LogP contribution in [-0.4, -0.2) is 52.3 Å². The average molecular weight is 306 g/mol. The summed E-state index contributed by atoms with van der Waals surface area (Å²) in [4.78, 5) is 16.1. The van der Waals surface area contributed by atoms with Crippen LogP contribution in [0.1, 0.15) is 22.3 Å². The van der Waals surface area contributed by atoms with Crippen LogP contribution in [-0.2, 0) is 4.74 Å². The van der Waals surface area contributed by atoms with E-state index in [2.05, 4.69) is 20.9 Å². The third kappa shape index (κ3) is 7.08. The number of guanidine groups is 1. The summed E-state index contributed by atoms with van der Waals surface area (Å²) < 4.78 is 4.98. The van der Waals surface area contributed by atoms with Crippen LogP contribution in [0.15, 0.2) is 29.3 Å². The minimum atomic E-state index is -0.0615. The zero-order valence-corrected chi connectivity index (χ0v) is 13.6. The highest BCUT2D eigenvalue weighted by Gasteiger charge is 2.04. The van der Waals surface area contributed by atoms with Crippen molar-refractivity contribution < 1.29 is 9.53 Å². The van der Waals surface area contributed by atoms with Gasteiger partial charge >= 0.3 is 0 Å². The fraction of sp³-hybridized carbons (Fsp3) is 0.500. The van der Waals surface area contributed by atoms with Crippen LogP contribution in [0, 0.1) is 6.92 Å². The van der Waals surface area contributed by atoms with E-state index in [-0.39, 0.29) is 5.91 Å². The first-order valence-corrected chi connectivity index (χ1v) is 7.45. The minimum absolute atomic E-state index is 0.0615. The molecule has 0 saturated heterocycles. The van der Waals surface area contributed by atoms with Gasteiger partial charge in [0.05, 0.1) is 0 Å². The van der Waals surface area contributed by atoms with Crippen LogP contribution in [0.4, 0.5) is 0 Å². The summed E-state index contributed by atoms with van der Waals surface area (Å²) in [5.74, 6) is 0.662. The summed E-state index contributed by atoms with van der Waals surface area (Å²) in [7, 11) is 3.40. The Morgan fingerprint density at radius 2 is 1.91 bits per heavy atom. The maximum absolute atomic E-state index is 12.0. The number of nitrogens with one attached hydrogen (secondary N) is 3. The first kappa shape index (κ1) is 18.0. The van der Waals surface area contributed by atoms with Crippen molar-refractivity contribution in [3.05, 3.63) is 35.4 Å². The predicted molar refractivity (Wildman–Crippen MR) is 89.4 cm³/mol. The lowest BCUT2D eigenvalue weighted by molar-refractivity contribution is 0.0954. The monoisotopic (exact) mass is 306 g/mol. The highest BCUT2D eigenvalue weighted by molar-refractivity contribution is 5.94. The Balaban J connectivity index is 2.22. The molecular weight excluding hydrogens is 280 g/mol. The van der Waals surface area contributed by atoms with Crippen molar-refractivity contribution in [2.75, 3.05) is 40.4 Å². The first-order chi connectivity index (χ1) is 10.7. The van der Waals surface area contributed by atoms with Crippen molar-refractivity contribution in [3.8, 4) is 0 Å². The summed E-state index contributed by atoms with van der Waals surface area (Å²) >= 11 is 0. The van der Waals surface area contributed by atoms with E-state index in [0.29, 0.717) is 18.7 Å². The Morgan fingerprint density at radius 1 is 1.18 bits per heavy atom. The van der Waals surface area contributed by atoms with Gasteiger partial charge in [0.25, 0.3) is 5.91 Å². The Hall–Kier alpha value is -2.08. The molecule has 1 rings (SSSR count). The SMILES string of the molecule is CN=C(NCCCOC)NCCNC(=O)c1cccc(C)c1. The van der Waals surface area contributed by atoms with Crippen molar-refractivity contribution in [2.45, 2.75) is 13.3 Å². The molecule has 3 N–H and O–H groups in total. The molecule has 122 valence electrons. The number of amides is 1. The molecule has 6 heteroatoms. The molecule has 0 aliphatic carbocycles. The number of nitrogens with zero attached hydrogens (tertiary/aromatic N) is 1. The third-order valence-electron chi connectivity index (χ3n) is 3.02. The van der Waals surface area contributed by atoms with Crippen LogP contribution >= 0.6 is 0 Å². The summed E-state index contributed by atoms with van der Waals surface area (Å²) in [6.45, 7) is 4.63.